The van der Waals surface area contributed by atoms with Crippen LogP contribution in [0.15, 0.2) is 5.38 Å². The zero-order chi connectivity index (χ0) is 9.47. The van der Waals surface area contributed by atoms with Crippen molar-refractivity contribution in [1.82, 2.24) is 9.88 Å². The Bertz CT molecular complexity index is 312. The summed E-state index contributed by atoms with van der Waals surface area (Å²) in [4.78, 5) is 6.47. The van der Waals surface area contributed by atoms with Crippen molar-refractivity contribution in [3.05, 3.63) is 16.1 Å². The first-order valence-corrected chi connectivity index (χ1v) is 5.32. The Hall–Kier alpha value is -0.450. The van der Waals surface area contributed by atoms with Gasteiger partial charge in [-0.1, -0.05) is 0 Å². The largest absolute Gasteiger partial charge is 0.382 e. The van der Waals surface area contributed by atoms with Crippen molar-refractivity contribution in [2.75, 3.05) is 20.1 Å². The number of β-amino-alcohol motifs (C(OH)–C–C–N with tert-alkyl or cyclic N) is 1. The van der Waals surface area contributed by atoms with Crippen LogP contribution in [-0.2, 0) is 5.60 Å². The second-order valence-corrected chi connectivity index (χ2v) is 4.83. The van der Waals surface area contributed by atoms with Crippen molar-refractivity contribution in [3.8, 4) is 0 Å². The summed E-state index contributed by atoms with van der Waals surface area (Å²) in [5.41, 5.74) is 0.152. The number of likely N-dealkylation sites (N-methyl/N-ethyl adjacent to an activating group) is 1. The van der Waals surface area contributed by atoms with Gasteiger partial charge in [0.05, 0.1) is 10.7 Å². The van der Waals surface area contributed by atoms with E-state index < -0.39 is 5.60 Å². The Morgan fingerprint density at radius 2 is 2.46 bits per heavy atom. The molecule has 0 aromatic carbocycles. The highest BCUT2D eigenvalue weighted by Crippen LogP contribution is 2.31. The summed E-state index contributed by atoms with van der Waals surface area (Å²) >= 11 is 1.60. The molecule has 1 aromatic heterocycles. The minimum Gasteiger partial charge on any atom is -0.382 e. The van der Waals surface area contributed by atoms with Gasteiger partial charge in [0.1, 0.15) is 5.60 Å². The number of aliphatic hydroxyl groups is 1. The number of likely N-dealkylation sites (tertiary alicyclic amines) is 1. The molecule has 3 nitrogen and oxygen atoms in total. The van der Waals surface area contributed by atoms with E-state index in [1.807, 2.05) is 19.4 Å². The molecule has 4 heteroatoms. The molecule has 1 N–H and O–H groups in total. The summed E-state index contributed by atoms with van der Waals surface area (Å²) in [7, 11) is 2.02. The van der Waals surface area contributed by atoms with Gasteiger partial charge in [-0.15, -0.1) is 11.3 Å². The van der Waals surface area contributed by atoms with Crippen molar-refractivity contribution >= 4 is 11.3 Å². The normalized spacial score (nSPS) is 29.8. The van der Waals surface area contributed by atoms with Crippen LogP contribution in [0.1, 0.15) is 17.1 Å². The molecule has 1 saturated heterocycles. The van der Waals surface area contributed by atoms with Crippen molar-refractivity contribution < 1.29 is 5.11 Å². The van der Waals surface area contributed by atoms with Crippen molar-refractivity contribution in [2.24, 2.45) is 0 Å². The van der Waals surface area contributed by atoms with Crippen LogP contribution in [-0.4, -0.2) is 35.1 Å². The van der Waals surface area contributed by atoms with E-state index in [1.54, 1.807) is 11.3 Å². The van der Waals surface area contributed by atoms with Gasteiger partial charge in [-0.25, -0.2) is 4.98 Å². The number of aryl methyl sites for hydroxylation is 1. The first-order valence-electron chi connectivity index (χ1n) is 4.44. The fourth-order valence-electron chi connectivity index (χ4n) is 1.77. The predicted octanol–water partition coefficient (Wildman–Crippen LogP) is 0.975. The van der Waals surface area contributed by atoms with Crippen LogP contribution in [0, 0.1) is 6.92 Å². The van der Waals surface area contributed by atoms with Crippen LogP contribution in [0.3, 0.4) is 0 Å². The summed E-state index contributed by atoms with van der Waals surface area (Å²) in [6.45, 7) is 3.62. The molecule has 0 aliphatic carbocycles. The molecule has 72 valence electrons. The van der Waals surface area contributed by atoms with Crippen LogP contribution in [0.2, 0.25) is 0 Å². The van der Waals surface area contributed by atoms with Gasteiger partial charge < -0.3 is 10.0 Å². The molecule has 0 amide bonds. The minimum atomic E-state index is -0.695. The van der Waals surface area contributed by atoms with Gasteiger partial charge in [0, 0.05) is 18.5 Å². The molecule has 1 fully saturated rings. The first-order chi connectivity index (χ1) is 6.10. The van der Waals surface area contributed by atoms with E-state index in [9.17, 15) is 5.11 Å². The number of hydrogen-bond acceptors (Lipinski definition) is 4. The molecule has 1 aliphatic rings. The molecule has 0 spiro atoms. The third kappa shape index (κ3) is 1.61. The molecule has 13 heavy (non-hydrogen) atoms. The van der Waals surface area contributed by atoms with E-state index in [4.69, 9.17) is 0 Å². The fraction of sp³-hybridized carbons (Fsp3) is 0.667. The number of hydrogen-bond donors (Lipinski definition) is 1. The van der Waals surface area contributed by atoms with E-state index in [1.165, 1.54) is 0 Å². The minimum absolute atomic E-state index is 0.695. The molecule has 0 bridgehead atoms. The maximum atomic E-state index is 10.2. The Balaban J connectivity index is 2.25. The highest BCUT2D eigenvalue weighted by Gasteiger charge is 2.37. The molecule has 1 atom stereocenters. The SMILES string of the molecule is Cc1nc(C2(O)CCN(C)C2)cs1. The number of nitrogens with zero attached hydrogens (tertiary/aromatic N) is 2. The summed E-state index contributed by atoms with van der Waals surface area (Å²) < 4.78 is 0. The smallest absolute Gasteiger partial charge is 0.121 e. The Morgan fingerprint density at radius 1 is 1.69 bits per heavy atom. The van der Waals surface area contributed by atoms with Crippen LogP contribution in [0.25, 0.3) is 0 Å². The van der Waals surface area contributed by atoms with Gasteiger partial charge in [-0.05, 0) is 20.4 Å². The quantitative estimate of drug-likeness (QED) is 0.730. The number of aromatic nitrogens is 1. The lowest BCUT2D eigenvalue weighted by Crippen LogP contribution is -2.29. The Kier molecular flexibility index (Phi) is 2.14. The van der Waals surface area contributed by atoms with E-state index in [-0.39, 0.29) is 0 Å². The van der Waals surface area contributed by atoms with E-state index in [0.29, 0.717) is 6.54 Å². The molecule has 2 rings (SSSR count). The van der Waals surface area contributed by atoms with Gasteiger partial charge in [0.2, 0.25) is 0 Å². The van der Waals surface area contributed by atoms with Crippen LogP contribution in [0.4, 0.5) is 0 Å². The monoisotopic (exact) mass is 198 g/mol. The van der Waals surface area contributed by atoms with E-state index in [2.05, 4.69) is 9.88 Å². The molecule has 2 heterocycles. The molecule has 0 saturated carbocycles. The number of thiazole rings is 1. The van der Waals surface area contributed by atoms with Crippen LogP contribution >= 0.6 is 11.3 Å². The zero-order valence-electron chi connectivity index (χ0n) is 7.95. The van der Waals surface area contributed by atoms with Crippen LogP contribution in [0.5, 0.6) is 0 Å². The molecule has 0 radical (unpaired) electrons. The molecular formula is C9H14N2OS. The lowest BCUT2D eigenvalue weighted by molar-refractivity contribution is 0.0450. The van der Waals surface area contributed by atoms with Gasteiger partial charge in [0.15, 0.2) is 0 Å². The van der Waals surface area contributed by atoms with Gasteiger partial charge in [-0.2, -0.15) is 0 Å². The third-order valence-electron chi connectivity index (χ3n) is 2.53. The van der Waals surface area contributed by atoms with Gasteiger partial charge >= 0.3 is 0 Å². The highest BCUT2D eigenvalue weighted by molar-refractivity contribution is 7.09. The van der Waals surface area contributed by atoms with E-state index >= 15 is 0 Å². The average molecular weight is 198 g/mol. The molecule has 1 unspecified atom stereocenters. The maximum absolute atomic E-state index is 10.2. The van der Waals surface area contributed by atoms with Crippen molar-refractivity contribution in [3.63, 3.8) is 0 Å². The summed E-state index contributed by atoms with van der Waals surface area (Å²) in [5, 5.41) is 13.2. The lowest BCUT2D eigenvalue weighted by atomic mass is 10.0. The summed E-state index contributed by atoms with van der Waals surface area (Å²) in [6.07, 6.45) is 0.798. The van der Waals surface area contributed by atoms with Crippen molar-refractivity contribution in [1.29, 1.82) is 0 Å². The number of rotatable bonds is 1. The summed E-state index contributed by atoms with van der Waals surface area (Å²) in [6, 6.07) is 0. The third-order valence-corrected chi connectivity index (χ3v) is 3.31. The first kappa shape index (κ1) is 9.12. The van der Waals surface area contributed by atoms with Crippen LogP contribution < -0.4 is 0 Å². The second kappa shape index (κ2) is 3.04. The second-order valence-electron chi connectivity index (χ2n) is 3.77. The molecule has 1 aromatic rings. The Morgan fingerprint density at radius 3 is 2.92 bits per heavy atom. The molecular weight excluding hydrogens is 184 g/mol. The highest BCUT2D eigenvalue weighted by atomic mass is 32.1. The van der Waals surface area contributed by atoms with E-state index in [0.717, 1.165) is 23.7 Å². The zero-order valence-corrected chi connectivity index (χ0v) is 8.77. The Labute approximate surface area is 82.0 Å². The molecule has 1 aliphatic heterocycles. The van der Waals surface area contributed by atoms with Crippen molar-refractivity contribution in [2.45, 2.75) is 18.9 Å². The topological polar surface area (TPSA) is 36.4 Å². The maximum Gasteiger partial charge on any atom is 0.121 e. The predicted molar refractivity (Wildman–Crippen MR) is 52.9 cm³/mol. The lowest BCUT2D eigenvalue weighted by Gasteiger charge is -2.19. The fourth-order valence-corrected chi connectivity index (χ4v) is 2.47. The van der Waals surface area contributed by atoms with Gasteiger partial charge in [-0.3, -0.25) is 0 Å². The average Bonchev–Trinajstić information content (AvgIpc) is 2.60. The van der Waals surface area contributed by atoms with Gasteiger partial charge in [0.25, 0.3) is 0 Å². The standard InChI is InChI=1S/C9H14N2OS/c1-7-10-8(5-13-7)9(12)3-4-11(2)6-9/h5,12H,3-4,6H2,1-2H3. The summed E-state index contributed by atoms with van der Waals surface area (Å²) in [5.74, 6) is 0.